The van der Waals surface area contributed by atoms with Gasteiger partial charge in [0.05, 0.1) is 6.33 Å². The Morgan fingerprint density at radius 2 is 2.29 bits per heavy atom. The molecule has 1 aromatic heterocycles. The monoisotopic (exact) mass is 197 g/mol. The maximum absolute atomic E-state index is 11.1. The van der Waals surface area contributed by atoms with Gasteiger partial charge in [-0.05, 0) is 0 Å². The minimum absolute atomic E-state index is 0.00421. The third-order valence-corrected chi connectivity index (χ3v) is 1.77. The van der Waals surface area contributed by atoms with Crippen LogP contribution in [0.5, 0.6) is 0 Å². The average molecular weight is 197 g/mol. The summed E-state index contributed by atoms with van der Waals surface area (Å²) >= 11 is 0. The number of nitrogens with zero attached hydrogens (tertiary/aromatic N) is 1. The summed E-state index contributed by atoms with van der Waals surface area (Å²) in [5, 5.41) is 2.60. The van der Waals surface area contributed by atoms with Gasteiger partial charge < -0.3 is 10.3 Å². The SMILES string of the molecule is CC.CNC(=O)C(C)Cc1cnc[nH]1. The highest BCUT2D eigenvalue weighted by atomic mass is 16.1. The van der Waals surface area contributed by atoms with Gasteiger partial charge in [-0.2, -0.15) is 0 Å². The van der Waals surface area contributed by atoms with Gasteiger partial charge in [-0.1, -0.05) is 20.8 Å². The van der Waals surface area contributed by atoms with Crippen LogP contribution < -0.4 is 5.32 Å². The Kier molecular flexibility index (Phi) is 6.45. The molecule has 0 spiro atoms. The first-order valence-electron chi connectivity index (χ1n) is 4.93. The molecule has 1 heterocycles. The van der Waals surface area contributed by atoms with E-state index < -0.39 is 0 Å². The molecule has 0 fully saturated rings. The van der Waals surface area contributed by atoms with Crippen LogP contribution in [0.1, 0.15) is 26.5 Å². The molecule has 0 aliphatic rings. The number of carbonyl (C=O) groups is 1. The minimum atomic E-state index is -0.00421. The fraction of sp³-hybridized carbons (Fsp3) is 0.600. The number of nitrogens with one attached hydrogen (secondary N) is 2. The van der Waals surface area contributed by atoms with Gasteiger partial charge in [0, 0.05) is 31.3 Å². The third-order valence-electron chi connectivity index (χ3n) is 1.77. The molecular weight excluding hydrogens is 178 g/mol. The van der Waals surface area contributed by atoms with Crippen LogP contribution in [0, 0.1) is 5.92 Å². The predicted molar refractivity (Wildman–Crippen MR) is 56.9 cm³/mol. The second kappa shape index (κ2) is 7.12. The van der Waals surface area contributed by atoms with E-state index >= 15 is 0 Å². The number of aromatic nitrogens is 2. The van der Waals surface area contributed by atoms with E-state index in [1.165, 1.54) is 0 Å². The van der Waals surface area contributed by atoms with E-state index in [1.807, 2.05) is 20.8 Å². The fourth-order valence-electron chi connectivity index (χ4n) is 1.07. The number of carbonyl (C=O) groups excluding carboxylic acids is 1. The minimum Gasteiger partial charge on any atom is -0.359 e. The number of aromatic amines is 1. The van der Waals surface area contributed by atoms with Crippen LogP contribution in [-0.2, 0) is 11.2 Å². The van der Waals surface area contributed by atoms with Gasteiger partial charge >= 0.3 is 0 Å². The van der Waals surface area contributed by atoms with Crippen molar-refractivity contribution in [2.45, 2.75) is 27.2 Å². The summed E-state index contributed by atoms with van der Waals surface area (Å²) in [5.41, 5.74) is 0.992. The molecule has 0 aliphatic heterocycles. The number of hydrogen-bond donors (Lipinski definition) is 2. The Morgan fingerprint density at radius 1 is 1.64 bits per heavy atom. The molecule has 1 rings (SSSR count). The van der Waals surface area contributed by atoms with Crippen molar-refractivity contribution in [1.82, 2.24) is 15.3 Å². The summed E-state index contributed by atoms with van der Waals surface area (Å²) < 4.78 is 0. The first-order chi connectivity index (χ1) is 6.74. The molecule has 80 valence electrons. The predicted octanol–water partition coefficient (Wildman–Crippen LogP) is 1.36. The lowest BCUT2D eigenvalue weighted by Crippen LogP contribution is -2.26. The normalized spacial score (nSPS) is 11.1. The molecule has 1 atom stereocenters. The summed E-state index contributed by atoms with van der Waals surface area (Å²) in [6.45, 7) is 5.89. The summed E-state index contributed by atoms with van der Waals surface area (Å²) in [5.74, 6) is 0.0556. The quantitative estimate of drug-likeness (QED) is 0.768. The number of amides is 1. The smallest absolute Gasteiger partial charge is 0.222 e. The fourth-order valence-corrected chi connectivity index (χ4v) is 1.07. The van der Waals surface area contributed by atoms with Crippen molar-refractivity contribution in [2.75, 3.05) is 7.05 Å². The van der Waals surface area contributed by atoms with E-state index in [0.717, 1.165) is 5.69 Å². The molecule has 1 unspecified atom stereocenters. The molecule has 0 saturated heterocycles. The topological polar surface area (TPSA) is 57.8 Å². The van der Waals surface area contributed by atoms with Gasteiger partial charge in [0.2, 0.25) is 5.91 Å². The third kappa shape index (κ3) is 4.07. The van der Waals surface area contributed by atoms with Gasteiger partial charge in [-0.25, -0.2) is 4.98 Å². The first kappa shape index (κ1) is 12.7. The van der Waals surface area contributed by atoms with Gasteiger partial charge in [0.25, 0.3) is 0 Å². The van der Waals surface area contributed by atoms with Crippen LogP contribution >= 0.6 is 0 Å². The number of rotatable bonds is 3. The number of imidazole rings is 1. The highest BCUT2D eigenvalue weighted by Gasteiger charge is 2.11. The van der Waals surface area contributed by atoms with Crippen molar-refractivity contribution in [3.63, 3.8) is 0 Å². The Hall–Kier alpha value is -1.32. The van der Waals surface area contributed by atoms with Crippen LogP contribution in [0.4, 0.5) is 0 Å². The van der Waals surface area contributed by atoms with E-state index in [-0.39, 0.29) is 11.8 Å². The molecule has 0 aromatic carbocycles. The van der Waals surface area contributed by atoms with Crippen LogP contribution in [0.2, 0.25) is 0 Å². The lowest BCUT2D eigenvalue weighted by molar-refractivity contribution is -0.123. The van der Waals surface area contributed by atoms with Crippen molar-refractivity contribution in [1.29, 1.82) is 0 Å². The van der Waals surface area contributed by atoms with E-state index in [4.69, 9.17) is 0 Å². The summed E-state index contributed by atoms with van der Waals surface area (Å²) in [6.07, 6.45) is 4.06. The number of H-pyrrole nitrogens is 1. The zero-order valence-electron chi connectivity index (χ0n) is 9.29. The Balaban J connectivity index is 0.000000791. The van der Waals surface area contributed by atoms with E-state index in [2.05, 4.69) is 15.3 Å². The second-order valence-corrected chi connectivity index (χ2v) is 2.80. The molecule has 1 amide bonds. The Labute approximate surface area is 85.1 Å². The van der Waals surface area contributed by atoms with Gasteiger partial charge in [0.1, 0.15) is 0 Å². The van der Waals surface area contributed by atoms with Crippen molar-refractivity contribution in [2.24, 2.45) is 5.92 Å². The molecule has 0 saturated carbocycles. The van der Waals surface area contributed by atoms with Crippen molar-refractivity contribution in [3.8, 4) is 0 Å². The molecule has 1 aromatic rings. The standard InChI is InChI=1S/C8H13N3O.C2H6/c1-6(8(12)9-2)3-7-4-10-5-11-7;1-2/h4-6H,3H2,1-2H3,(H,9,12)(H,10,11);1-2H3. The van der Waals surface area contributed by atoms with Crippen LogP contribution in [-0.4, -0.2) is 22.9 Å². The van der Waals surface area contributed by atoms with Crippen molar-refractivity contribution in [3.05, 3.63) is 18.2 Å². The maximum atomic E-state index is 11.1. The summed E-state index contributed by atoms with van der Waals surface area (Å²) in [6, 6.07) is 0. The lowest BCUT2D eigenvalue weighted by atomic mass is 10.1. The summed E-state index contributed by atoms with van der Waals surface area (Å²) in [7, 11) is 1.64. The van der Waals surface area contributed by atoms with Gasteiger partial charge in [-0.15, -0.1) is 0 Å². The van der Waals surface area contributed by atoms with E-state index in [0.29, 0.717) is 6.42 Å². The number of hydrogen-bond acceptors (Lipinski definition) is 2. The maximum Gasteiger partial charge on any atom is 0.222 e. The zero-order valence-corrected chi connectivity index (χ0v) is 9.29. The molecule has 4 heteroatoms. The van der Waals surface area contributed by atoms with Crippen LogP contribution in [0.25, 0.3) is 0 Å². The van der Waals surface area contributed by atoms with Crippen molar-refractivity contribution >= 4 is 5.91 Å². The lowest BCUT2D eigenvalue weighted by Gasteiger charge is -2.07. The van der Waals surface area contributed by atoms with Crippen LogP contribution in [0.3, 0.4) is 0 Å². The molecular formula is C10H19N3O. The summed E-state index contributed by atoms with van der Waals surface area (Å²) in [4.78, 5) is 17.9. The molecule has 2 N–H and O–H groups in total. The average Bonchev–Trinajstić information content (AvgIpc) is 2.72. The van der Waals surface area contributed by atoms with Crippen molar-refractivity contribution < 1.29 is 4.79 Å². The molecule has 0 radical (unpaired) electrons. The molecule has 0 aliphatic carbocycles. The Bertz CT molecular complexity index is 244. The van der Waals surface area contributed by atoms with E-state index in [9.17, 15) is 4.79 Å². The first-order valence-corrected chi connectivity index (χ1v) is 4.93. The van der Waals surface area contributed by atoms with Crippen LogP contribution in [0.15, 0.2) is 12.5 Å². The zero-order chi connectivity index (χ0) is 11.0. The van der Waals surface area contributed by atoms with Gasteiger partial charge in [0.15, 0.2) is 0 Å². The van der Waals surface area contributed by atoms with E-state index in [1.54, 1.807) is 19.6 Å². The molecule has 4 nitrogen and oxygen atoms in total. The molecule has 0 bridgehead atoms. The second-order valence-electron chi connectivity index (χ2n) is 2.80. The van der Waals surface area contributed by atoms with Gasteiger partial charge in [-0.3, -0.25) is 4.79 Å². The largest absolute Gasteiger partial charge is 0.359 e. The molecule has 14 heavy (non-hydrogen) atoms. The highest BCUT2D eigenvalue weighted by molar-refractivity contribution is 5.78. The Morgan fingerprint density at radius 3 is 2.71 bits per heavy atom. The highest BCUT2D eigenvalue weighted by Crippen LogP contribution is 2.04.